The minimum Gasteiger partial charge on any atom is -0.358 e. The van der Waals surface area contributed by atoms with Crippen molar-refractivity contribution in [1.29, 1.82) is 0 Å². The summed E-state index contributed by atoms with van der Waals surface area (Å²) in [6.45, 7) is 4.61. The fourth-order valence-corrected chi connectivity index (χ4v) is 4.42. The first-order valence-electron chi connectivity index (χ1n) is 8.97. The molecule has 11 heteroatoms. The summed E-state index contributed by atoms with van der Waals surface area (Å²) < 4.78 is 60.8. The van der Waals surface area contributed by atoms with E-state index in [2.05, 4.69) is 36.1 Å². The SMILES string of the molecule is CCc1c2nc(n(CC#C[Si](C)(C)C)c1=O)-c1ccccc1S(=O)(=O)O2.FC(F)F. The van der Waals surface area contributed by atoms with Gasteiger partial charge in [-0.15, -0.1) is 5.54 Å². The predicted molar refractivity (Wildman–Crippen MR) is 109 cm³/mol. The zero-order valence-electron chi connectivity index (χ0n) is 16.9. The summed E-state index contributed by atoms with van der Waals surface area (Å²) in [6.07, 6.45) is 0.314. The van der Waals surface area contributed by atoms with Gasteiger partial charge >= 0.3 is 16.8 Å². The summed E-state index contributed by atoms with van der Waals surface area (Å²) in [6, 6.07) is 6.40. The number of fused-ring (bicyclic) bond motifs is 4. The molecule has 1 aromatic heterocycles. The van der Waals surface area contributed by atoms with E-state index < -0.39 is 24.9 Å². The second kappa shape index (κ2) is 9.05. The van der Waals surface area contributed by atoms with E-state index in [4.69, 9.17) is 4.18 Å². The van der Waals surface area contributed by atoms with Gasteiger partial charge in [0.15, 0.2) is 0 Å². The van der Waals surface area contributed by atoms with Crippen LogP contribution in [-0.4, -0.2) is 32.7 Å². The van der Waals surface area contributed by atoms with Crippen molar-refractivity contribution in [2.75, 3.05) is 0 Å². The molecule has 0 radical (unpaired) electrons. The molecule has 0 aliphatic carbocycles. The Kier molecular flexibility index (Phi) is 7.15. The van der Waals surface area contributed by atoms with Crippen LogP contribution in [0.25, 0.3) is 11.4 Å². The summed E-state index contributed by atoms with van der Waals surface area (Å²) >= 11 is 0. The Hall–Kier alpha value is -2.58. The molecule has 0 amide bonds. The van der Waals surface area contributed by atoms with Crippen molar-refractivity contribution >= 4 is 18.2 Å². The molecule has 0 saturated heterocycles. The summed E-state index contributed by atoms with van der Waals surface area (Å²) in [5.41, 5.74) is 3.50. The summed E-state index contributed by atoms with van der Waals surface area (Å²) in [7, 11) is -5.64. The highest BCUT2D eigenvalue weighted by Gasteiger charge is 2.31. The molecule has 0 atom stereocenters. The van der Waals surface area contributed by atoms with Crippen LogP contribution >= 0.6 is 0 Å². The number of benzene rings is 1. The molecule has 1 aliphatic rings. The minimum absolute atomic E-state index is 0.00191. The standard InChI is InChI=1S/C18H20N2O4SSi.CHF3/c1-5-13-17-19-16(20(18(13)21)11-8-12-26(2,3)4)14-9-6-7-10-15(14)25(22,23)24-17;2-1(3)4/h6-7,9-10H,5,11H2,1-4H3;1H. The molecule has 3 rings (SSSR count). The Morgan fingerprint density at radius 3 is 2.37 bits per heavy atom. The maximum atomic E-state index is 13.0. The van der Waals surface area contributed by atoms with Gasteiger partial charge in [-0.3, -0.25) is 9.36 Å². The van der Waals surface area contributed by atoms with Crippen molar-refractivity contribution in [2.24, 2.45) is 0 Å². The Balaban J connectivity index is 0.000000735. The molecule has 0 spiro atoms. The molecule has 1 aromatic carbocycles. The number of hydrogen-bond donors (Lipinski definition) is 0. The van der Waals surface area contributed by atoms with Crippen LogP contribution in [0.4, 0.5) is 13.2 Å². The van der Waals surface area contributed by atoms with Gasteiger partial charge in [-0.05, 0) is 18.6 Å². The lowest BCUT2D eigenvalue weighted by molar-refractivity contribution is 0.00819. The summed E-state index contributed by atoms with van der Waals surface area (Å²) in [5.74, 6) is 3.20. The molecule has 162 valence electrons. The second-order valence-electron chi connectivity index (χ2n) is 7.30. The van der Waals surface area contributed by atoms with Crippen molar-refractivity contribution < 1.29 is 25.8 Å². The van der Waals surface area contributed by atoms with Crippen LogP contribution in [0.5, 0.6) is 5.88 Å². The Morgan fingerprint density at radius 1 is 1.20 bits per heavy atom. The van der Waals surface area contributed by atoms with Gasteiger partial charge in [0.05, 0.1) is 12.1 Å². The largest absolute Gasteiger partial charge is 0.379 e. The van der Waals surface area contributed by atoms with Crippen LogP contribution in [0.2, 0.25) is 19.6 Å². The summed E-state index contributed by atoms with van der Waals surface area (Å²) in [4.78, 5) is 17.3. The van der Waals surface area contributed by atoms with Gasteiger partial charge in [-0.1, -0.05) is 44.6 Å². The monoisotopic (exact) mass is 458 g/mol. The van der Waals surface area contributed by atoms with E-state index >= 15 is 0 Å². The minimum atomic E-state index is -4.05. The third-order valence-electron chi connectivity index (χ3n) is 3.86. The average Bonchev–Trinajstić information content (AvgIpc) is 2.71. The topological polar surface area (TPSA) is 78.3 Å². The van der Waals surface area contributed by atoms with Crippen molar-refractivity contribution in [2.45, 2.75) is 51.1 Å². The lowest BCUT2D eigenvalue weighted by atomic mass is 10.2. The first-order chi connectivity index (χ1) is 13.9. The van der Waals surface area contributed by atoms with Gasteiger partial charge in [-0.25, -0.2) is 0 Å². The number of halogens is 3. The fourth-order valence-electron chi connectivity index (χ4n) is 2.70. The van der Waals surface area contributed by atoms with Gasteiger partial charge in [0, 0.05) is 5.56 Å². The molecular formula is C19H21F3N2O4SSi. The zero-order chi connectivity index (χ0) is 22.7. The maximum absolute atomic E-state index is 13.0. The van der Waals surface area contributed by atoms with Crippen LogP contribution in [0.1, 0.15) is 12.5 Å². The zero-order valence-corrected chi connectivity index (χ0v) is 18.7. The Bertz CT molecular complexity index is 1160. The molecule has 0 N–H and O–H groups in total. The predicted octanol–water partition coefficient (Wildman–Crippen LogP) is 3.61. The smallest absolute Gasteiger partial charge is 0.358 e. The van der Waals surface area contributed by atoms with E-state index in [0.717, 1.165) is 0 Å². The first-order valence-corrected chi connectivity index (χ1v) is 13.9. The molecule has 0 unspecified atom stereocenters. The van der Waals surface area contributed by atoms with Gasteiger partial charge < -0.3 is 4.18 Å². The average molecular weight is 459 g/mol. The lowest BCUT2D eigenvalue weighted by Crippen LogP contribution is -2.27. The molecular weight excluding hydrogens is 437 g/mol. The Labute approximate surface area is 173 Å². The van der Waals surface area contributed by atoms with Gasteiger partial charge in [-0.2, -0.15) is 26.6 Å². The first kappa shape index (κ1) is 23.7. The van der Waals surface area contributed by atoms with E-state index in [1.807, 2.05) is 0 Å². The van der Waals surface area contributed by atoms with Gasteiger partial charge in [0.1, 0.15) is 18.8 Å². The second-order valence-corrected chi connectivity index (χ2v) is 13.6. The summed E-state index contributed by atoms with van der Waals surface area (Å²) in [5, 5.41) is 0. The third kappa shape index (κ3) is 5.52. The number of alkyl halides is 3. The van der Waals surface area contributed by atoms with E-state index in [0.29, 0.717) is 12.0 Å². The van der Waals surface area contributed by atoms with E-state index in [-0.39, 0.29) is 34.3 Å². The van der Waals surface area contributed by atoms with Crippen molar-refractivity contribution in [1.82, 2.24) is 9.55 Å². The van der Waals surface area contributed by atoms with E-state index in [1.54, 1.807) is 25.1 Å². The number of hydrogen-bond acceptors (Lipinski definition) is 5. The molecule has 1 aliphatic heterocycles. The van der Waals surface area contributed by atoms with E-state index in [1.165, 1.54) is 10.6 Å². The molecule has 2 bridgehead atoms. The maximum Gasteiger partial charge on any atom is 0.379 e. The normalized spacial score (nSPS) is 13.7. The van der Waals surface area contributed by atoms with Crippen LogP contribution in [-0.2, 0) is 23.1 Å². The number of rotatable bonds is 2. The number of nitrogens with zero attached hydrogens (tertiary/aromatic N) is 2. The molecule has 6 nitrogen and oxygen atoms in total. The highest BCUT2D eigenvalue weighted by atomic mass is 32.2. The highest BCUT2D eigenvalue weighted by molar-refractivity contribution is 7.87. The third-order valence-corrected chi connectivity index (χ3v) is 6.06. The van der Waals surface area contributed by atoms with Crippen LogP contribution in [0.15, 0.2) is 34.0 Å². The molecule has 2 heterocycles. The van der Waals surface area contributed by atoms with Gasteiger partial charge in [0.2, 0.25) is 5.88 Å². The Morgan fingerprint density at radius 2 is 1.80 bits per heavy atom. The molecule has 0 saturated carbocycles. The van der Waals surface area contributed by atoms with Crippen molar-refractivity contribution in [3.63, 3.8) is 0 Å². The van der Waals surface area contributed by atoms with Crippen molar-refractivity contribution in [3.05, 3.63) is 40.2 Å². The fraction of sp³-hybridized carbons (Fsp3) is 0.368. The number of aromatic nitrogens is 2. The van der Waals surface area contributed by atoms with Gasteiger partial charge in [0.25, 0.3) is 5.56 Å². The molecule has 2 aromatic rings. The van der Waals surface area contributed by atoms with Crippen LogP contribution in [0.3, 0.4) is 0 Å². The van der Waals surface area contributed by atoms with Crippen molar-refractivity contribution in [3.8, 4) is 28.7 Å². The van der Waals surface area contributed by atoms with Crippen LogP contribution < -0.4 is 9.74 Å². The van der Waals surface area contributed by atoms with E-state index in [9.17, 15) is 26.4 Å². The highest BCUT2D eigenvalue weighted by Crippen LogP contribution is 2.33. The van der Waals surface area contributed by atoms with Crippen LogP contribution in [0, 0.1) is 11.5 Å². The quantitative estimate of drug-likeness (QED) is 0.390. The molecule has 30 heavy (non-hydrogen) atoms. The lowest BCUT2D eigenvalue weighted by Gasteiger charge is -2.12. The molecule has 0 fully saturated rings.